The maximum Gasteiger partial charge on any atom is 0.319 e. The van der Waals surface area contributed by atoms with E-state index in [9.17, 15) is 13.9 Å². The molecular weight excluding hydrogens is 348 g/mol. The van der Waals surface area contributed by atoms with E-state index in [1.165, 1.54) is 24.9 Å². The zero-order valence-corrected chi connectivity index (χ0v) is 13.9. The van der Waals surface area contributed by atoms with Crippen molar-refractivity contribution in [2.75, 3.05) is 14.2 Å². The summed E-state index contributed by atoms with van der Waals surface area (Å²) in [7, 11) is 2.89. The minimum absolute atomic E-state index is 0.144. The lowest BCUT2D eigenvalue weighted by molar-refractivity contribution is 0.120. The van der Waals surface area contributed by atoms with Crippen molar-refractivity contribution in [1.29, 1.82) is 0 Å². The minimum atomic E-state index is -2.44. The van der Waals surface area contributed by atoms with Crippen LogP contribution in [0.4, 0.5) is 8.78 Å². The molecular formula is C16H15F2N5O3. The minimum Gasteiger partial charge on any atom is -0.492 e. The number of fused-ring (bicyclic) bond motifs is 1. The topological polar surface area (TPSA) is 94.7 Å². The molecule has 0 bridgehead atoms. The zero-order valence-electron chi connectivity index (χ0n) is 13.9. The van der Waals surface area contributed by atoms with Crippen LogP contribution in [-0.4, -0.2) is 50.3 Å². The number of rotatable bonds is 5. The standard InChI is InChI=1S/C16H15F2N5O3/c1-25-15-9(6-19-16(21-15)26-2)10-3-4-11-20-14(24)12(23(11)22-10)7-5-8(7)13(17)18/h3-4,6-8,13,24H,5H2,1-2H3/t7-,8-/m0/s1. The van der Waals surface area contributed by atoms with Gasteiger partial charge in [-0.2, -0.15) is 15.1 Å². The predicted octanol–water partition coefficient (Wildman–Crippen LogP) is 2.28. The highest BCUT2D eigenvalue weighted by molar-refractivity contribution is 5.65. The number of halogens is 2. The number of hydrogen-bond donors (Lipinski definition) is 1. The lowest BCUT2D eigenvalue weighted by Crippen LogP contribution is -2.03. The highest BCUT2D eigenvalue weighted by Crippen LogP contribution is 2.53. The summed E-state index contributed by atoms with van der Waals surface area (Å²) in [6.45, 7) is 0. The van der Waals surface area contributed by atoms with Gasteiger partial charge >= 0.3 is 6.01 Å². The van der Waals surface area contributed by atoms with Gasteiger partial charge < -0.3 is 14.6 Å². The molecule has 0 unspecified atom stereocenters. The van der Waals surface area contributed by atoms with Gasteiger partial charge in [-0.3, -0.25) is 0 Å². The first kappa shape index (κ1) is 16.4. The highest BCUT2D eigenvalue weighted by atomic mass is 19.3. The predicted molar refractivity (Wildman–Crippen MR) is 85.6 cm³/mol. The van der Waals surface area contributed by atoms with Crippen LogP contribution in [-0.2, 0) is 0 Å². The second kappa shape index (κ2) is 6.04. The number of ether oxygens (including phenoxy) is 2. The maximum atomic E-state index is 12.9. The van der Waals surface area contributed by atoms with Crippen LogP contribution in [0.15, 0.2) is 18.3 Å². The Labute approximate surface area is 146 Å². The van der Waals surface area contributed by atoms with Gasteiger partial charge in [0.05, 0.1) is 25.5 Å². The van der Waals surface area contributed by atoms with E-state index in [-0.39, 0.29) is 17.8 Å². The van der Waals surface area contributed by atoms with Crippen LogP contribution < -0.4 is 9.47 Å². The molecule has 0 amide bonds. The van der Waals surface area contributed by atoms with Gasteiger partial charge in [-0.05, 0) is 18.6 Å². The summed E-state index contributed by atoms with van der Waals surface area (Å²) in [5.74, 6) is -1.28. The SMILES string of the molecule is COc1ncc(-c2ccc3nc(O)c([C@H]4C[C@@H]4C(F)F)n3n2)c(OC)n1. The Morgan fingerprint density at radius 2 is 2.04 bits per heavy atom. The third-order valence-corrected chi connectivity index (χ3v) is 4.39. The molecule has 0 aromatic carbocycles. The molecule has 0 spiro atoms. The number of hydrogen-bond acceptors (Lipinski definition) is 7. The Bertz CT molecular complexity index is 978. The van der Waals surface area contributed by atoms with Crippen molar-refractivity contribution in [2.45, 2.75) is 18.8 Å². The molecule has 1 saturated carbocycles. The van der Waals surface area contributed by atoms with Crippen molar-refractivity contribution in [1.82, 2.24) is 24.6 Å². The van der Waals surface area contributed by atoms with E-state index in [2.05, 4.69) is 20.1 Å². The normalized spacial score (nSPS) is 19.1. The molecule has 8 nitrogen and oxygen atoms in total. The van der Waals surface area contributed by atoms with Crippen molar-refractivity contribution in [3.63, 3.8) is 0 Å². The molecule has 4 rings (SSSR count). The van der Waals surface area contributed by atoms with Gasteiger partial charge in [0.1, 0.15) is 5.69 Å². The Hall–Kier alpha value is -3.04. The molecule has 1 aliphatic rings. The lowest BCUT2D eigenvalue weighted by Gasteiger charge is -2.08. The molecule has 3 aromatic rings. The van der Waals surface area contributed by atoms with Crippen LogP contribution in [0.1, 0.15) is 18.0 Å². The van der Waals surface area contributed by atoms with Crippen LogP contribution in [0, 0.1) is 5.92 Å². The second-order valence-electron chi connectivity index (χ2n) is 5.93. The van der Waals surface area contributed by atoms with Crippen LogP contribution >= 0.6 is 0 Å². The number of alkyl halides is 2. The summed E-state index contributed by atoms with van der Waals surface area (Å²) in [4.78, 5) is 12.2. The number of imidazole rings is 1. The summed E-state index contributed by atoms with van der Waals surface area (Å²) < 4.78 is 37.5. The van der Waals surface area contributed by atoms with Crippen molar-refractivity contribution in [2.24, 2.45) is 5.92 Å². The molecule has 10 heteroatoms. The first-order chi connectivity index (χ1) is 12.5. The molecule has 3 aromatic heterocycles. The van der Waals surface area contributed by atoms with Gasteiger partial charge in [0.2, 0.25) is 18.2 Å². The van der Waals surface area contributed by atoms with E-state index >= 15 is 0 Å². The highest BCUT2D eigenvalue weighted by Gasteiger charge is 2.48. The van der Waals surface area contributed by atoms with E-state index in [1.54, 1.807) is 12.1 Å². The smallest absolute Gasteiger partial charge is 0.319 e. The molecule has 0 radical (unpaired) electrons. The second-order valence-corrected chi connectivity index (χ2v) is 5.93. The summed E-state index contributed by atoms with van der Waals surface area (Å²) in [5, 5.41) is 14.5. The van der Waals surface area contributed by atoms with E-state index in [0.29, 0.717) is 29.0 Å². The van der Waals surface area contributed by atoms with E-state index < -0.39 is 18.3 Å². The van der Waals surface area contributed by atoms with Crippen LogP contribution in [0.5, 0.6) is 17.8 Å². The number of nitrogens with zero attached hydrogens (tertiary/aromatic N) is 5. The average Bonchev–Trinajstić information content (AvgIpc) is 3.36. The number of aromatic nitrogens is 5. The maximum absolute atomic E-state index is 12.9. The Balaban J connectivity index is 1.81. The third-order valence-electron chi connectivity index (χ3n) is 4.39. The molecule has 2 atom stereocenters. The summed E-state index contributed by atoms with van der Waals surface area (Å²) in [6.07, 6.45) is -0.655. The van der Waals surface area contributed by atoms with Crippen LogP contribution in [0.25, 0.3) is 16.9 Å². The molecule has 1 N–H and O–H groups in total. The van der Waals surface area contributed by atoms with E-state index in [1.807, 2.05) is 0 Å². The molecule has 26 heavy (non-hydrogen) atoms. The molecule has 0 saturated heterocycles. The Morgan fingerprint density at radius 3 is 2.69 bits per heavy atom. The molecule has 1 fully saturated rings. The third kappa shape index (κ3) is 2.57. The number of methoxy groups -OCH3 is 2. The quantitative estimate of drug-likeness (QED) is 0.743. The van der Waals surface area contributed by atoms with Gasteiger partial charge in [0.25, 0.3) is 0 Å². The first-order valence-corrected chi connectivity index (χ1v) is 7.85. The average molecular weight is 363 g/mol. The van der Waals surface area contributed by atoms with Gasteiger partial charge in [-0.25, -0.2) is 18.3 Å². The Kier molecular flexibility index (Phi) is 3.82. The fraction of sp³-hybridized carbons (Fsp3) is 0.375. The van der Waals surface area contributed by atoms with Crippen molar-refractivity contribution >= 4 is 5.65 Å². The number of aromatic hydroxyl groups is 1. The summed E-state index contributed by atoms with van der Waals surface area (Å²) in [5.41, 5.74) is 1.61. The van der Waals surface area contributed by atoms with Crippen molar-refractivity contribution < 1.29 is 23.4 Å². The lowest BCUT2D eigenvalue weighted by atomic mass is 10.2. The van der Waals surface area contributed by atoms with Gasteiger partial charge in [-0.15, -0.1) is 0 Å². The van der Waals surface area contributed by atoms with Gasteiger partial charge in [-0.1, -0.05) is 0 Å². The van der Waals surface area contributed by atoms with Crippen molar-refractivity contribution in [3.8, 4) is 29.0 Å². The monoisotopic (exact) mass is 363 g/mol. The van der Waals surface area contributed by atoms with Gasteiger partial charge in [0, 0.05) is 18.0 Å². The fourth-order valence-electron chi connectivity index (χ4n) is 2.99. The van der Waals surface area contributed by atoms with E-state index in [0.717, 1.165) is 0 Å². The van der Waals surface area contributed by atoms with Gasteiger partial charge in [0.15, 0.2) is 5.65 Å². The van der Waals surface area contributed by atoms with Crippen LogP contribution in [0.2, 0.25) is 0 Å². The molecule has 1 aliphatic carbocycles. The molecule has 3 heterocycles. The van der Waals surface area contributed by atoms with Crippen LogP contribution in [0.3, 0.4) is 0 Å². The first-order valence-electron chi connectivity index (χ1n) is 7.85. The largest absolute Gasteiger partial charge is 0.492 e. The zero-order chi connectivity index (χ0) is 18.4. The Morgan fingerprint density at radius 1 is 1.23 bits per heavy atom. The summed E-state index contributed by atoms with van der Waals surface area (Å²) in [6, 6.07) is 3.44. The summed E-state index contributed by atoms with van der Waals surface area (Å²) >= 11 is 0. The molecule has 136 valence electrons. The van der Waals surface area contributed by atoms with E-state index in [4.69, 9.17) is 9.47 Å². The molecule has 0 aliphatic heterocycles. The fourth-order valence-corrected chi connectivity index (χ4v) is 2.99. The van der Waals surface area contributed by atoms with Crippen molar-refractivity contribution in [3.05, 3.63) is 24.0 Å².